The summed E-state index contributed by atoms with van der Waals surface area (Å²) in [7, 11) is 0. The van der Waals surface area contributed by atoms with Crippen LogP contribution in [-0.2, 0) is 0 Å². The van der Waals surface area contributed by atoms with E-state index in [1.54, 1.807) is 0 Å². The minimum Gasteiger partial charge on any atom is -0.269 e. The number of aromatic nitrogens is 2. The standard InChI is InChI=1S/C9H11F2IN2/c10-9(11)4-1-7(2-5-9)14-6-3-8(12)13-14/h3,6-7H,1-2,4-5H2. The zero-order chi connectivity index (χ0) is 10.2. The van der Waals surface area contributed by atoms with E-state index < -0.39 is 5.92 Å². The monoisotopic (exact) mass is 312 g/mol. The normalized spacial score (nSPS) is 22.5. The van der Waals surface area contributed by atoms with Gasteiger partial charge in [0.15, 0.2) is 0 Å². The van der Waals surface area contributed by atoms with E-state index in [2.05, 4.69) is 27.7 Å². The van der Waals surface area contributed by atoms with Crippen molar-refractivity contribution in [2.45, 2.75) is 37.6 Å². The Labute approximate surface area is 94.8 Å². The van der Waals surface area contributed by atoms with Crippen LogP contribution in [0.25, 0.3) is 0 Å². The highest BCUT2D eigenvalue weighted by atomic mass is 127. The first-order valence-electron chi connectivity index (χ1n) is 4.65. The Hall–Kier alpha value is -0.200. The number of hydrogen-bond acceptors (Lipinski definition) is 1. The van der Waals surface area contributed by atoms with E-state index in [9.17, 15) is 8.78 Å². The Morgan fingerprint density at radius 2 is 2.07 bits per heavy atom. The molecule has 0 unspecified atom stereocenters. The van der Waals surface area contributed by atoms with E-state index in [-0.39, 0.29) is 18.9 Å². The van der Waals surface area contributed by atoms with Gasteiger partial charge < -0.3 is 0 Å². The van der Waals surface area contributed by atoms with Gasteiger partial charge in [0.2, 0.25) is 5.92 Å². The van der Waals surface area contributed by atoms with Gasteiger partial charge in [0, 0.05) is 19.0 Å². The fourth-order valence-electron chi connectivity index (χ4n) is 1.81. The minimum atomic E-state index is -2.45. The molecule has 0 amide bonds. The first kappa shape index (κ1) is 10.3. The number of alkyl halides is 2. The van der Waals surface area contributed by atoms with E-state index in [0.717, 1.165) is 3.70 Å². The van der Waals surface area contributed by atoms with Crippen LogP contribution in [-0.4, -0.2) is 15.7 Å². The molecule has 0 radical (unpaired) electrons. The lowest BCUT2D eigenvalue weighted by Crippen LogP contribution is -2.26. The lowest BCUT2D eigenvalue weighted by molar-refractivity contribution is -0.0450. The highest BCUT2D eigenvalue weighted by molar-refractivity contribution is 14.1. The van der Waals surface area contributed by atoms with Gasteiger partial charge in [-0.2, -0.15) is 5.10 Å². The summed E-state index contributed by atoms with van der Waals surface area (Å²) in [5, 5.41) is 4.24. The van der Waals surface area contributed by atoms with Crippen molar-refractivity contribution in [2.24, 2.45) is 0 Å². The second-order valence-corrected chi connectivity index (χ2v) is 4.81. The van der Waals surface area contributed by atoms with Gasteiger partial charge in [-0.3, -0.25) is 4.68 Å². The molecule has 14 heavy (non-hydrogen) atoms. The molecule has 1 aliphatic carbocycles. The van der Waals surface area contributed by atoms with Gasteiger partial charge in [0.1, 0.15) is 3.70 Å². The molecule has 0 spiro atoms. The van der Waals surface area contributed by atoms with Gasteiger partial charge >= 0.3 is 0 Å². The molecule has 1 aromatic heterocycles. The van der Waals surface area contributed by atoms with Gasteiger partial charge in [-0.05, 0) is 41.5 Å². The Morgan fingerprint density at radius 1 is 1.43 bits per heavy atom. The highest BCUT2D eigenvalue weighted by Crippen LogP contribution is 2.38. The van der Waals surface area contributed by atoms with Crippen LogP contribution in [0.4, 0.5) is 8.78 Å². The second kappa shape index (κ2) is 3.75. The smallest absolute Gasteiger partial charge is 0.248 e. The molecule has 1 aromatic rings. The third-order valence-corrected chi connectivity index (χ3v) is 3.21. The van der Waals surface area contributed by atoms with Crippen molar-refractivity contribution in [3.8, 4) is 0 Å². The van der Waals surface area contributed by atoms with E-state index in [0.29, 0.717) is 12.8 Å². The molecule has 2 rings (SSSR count). The average molecular weight is 312 g/mol. The van der Waals surface area contributed by atoms with E-state index >= 15 is 0 Å². The Kier molecular flexibility index (Phi) is 2.77. The predicted octanol–water partition coefficient (Wildman–Crippen LogP) is 3.24. The Morgan fingerprint density at radius 3 is 2.57 bits per heavy atom. The van der Waals surface area contributed by atoms with Crippen molar-refractivity contribution in [2.75, 3.05) is 0 Å². The summed E-state index contributed by atoms with van der Waals surface area (Å²) in [5.74, 6) is -2.45. The van der Waals surface area contributed by atoms with Gasteiger partial charge in [-0.25, -0.2) is 8.78 Å². The maximum atomic E-state index is 12.9. The van der Waals surface area contributed by atoms with Crippen molar-refractivity contribution >= 4 is 22.6 Å². The molecule has 1 saturated carbocycles. The van der Waals surface area contributed by atoms with Crippen LogP contribution in [0.1, 0.15) is 31.7 Å². The molecule has 0 saturated heterocycles. The van der Waals surface area contributed by atoms with Crippen molar-refractivity contribution in [1.29, 1.82) is 0 Å². The number of hydrogen-bond donors (Lipinski definition) is 0. The van der Waals surface area contributed by atoms with Crippen LogP contribution < -0.4 is 0 Å². The molecular formula is C9H11F2IN2. The van der Waals surface area contributed by atoms with E-state index in [1.807, 2.05) is 16.9 Å². The predicted molar refractivity (Wildman–Crippen MR) is 57.4 cm³/mol. The molecule has 1 aliphatic rings. The molecule has 1 fully saturated rings. The molecule has 78 valence electrons. The third-order valence-electron chi connectivity index (χ3n) is 2.64. The van der Waals surface area contributed by atoms with Crippen LogP contribution in [0.15, 0.2) is 12.3 Å². The van der Waals surface area contributed by atoms with Crippen LogP contribution in [0.3, 0.4) is 0 Å². The summed E-state index contributed by atoms with van der Waals surface area (Å²) in [6, 6.07) is 2.06. The van der Waals surface area contributed by atoms with Crippen molar-refractivity contribution in [1.82, 2.24) is 9.78 Å². The first-order valence-corrected chi connectivity index (χ1v) is 5.73. The zero-order valence-electron chi connectivity index (χ0n) is 7.59. The fraction of sp³-hybridized carbons (Fsp3) is 0.667. The Bertz CT molecular complexity index is 314. The Balaban J connectivity index is 2.02. The van der Waals surface area contributed by atoms with Crippen molar-refractivity contribution in [3.05, 3.63) is 16.0 Å². The first-order chi connectivity index (χ1) is 6.57. The summed E-state index contributed by atoms with van der Waals surface area (Å²) < 4.78 is 28.5. The van der Waals surface area contributed by atoms with Crippen LogP contribution in [0.5, 0.6) is 0 Å². The molecule has 0 aliphatic heterocycles. The molecule has 2 nitrogen and oxygen atoms in total. The minimum absolute atomic E-state index is 0.00585. The number of nitrogens with zero attached hydrogens (tertiary/aromatic N) is 2. The van der Waals surface area contributed by atoms with Gasteiger partial charge in [0.25, 0.3) is 0 Å². The topological polar surface area (TPSA) is 17.8 Å². The molecular weight excluding hydrogens is 301 g/mol. The van der Waals surface area contributed by atoms with Crippen LogP contribution in [0, 0.1) is 3.70 Å². The maximum Gasteiger partial charge on any atom is 0.248 e. The van der Waals surface area contributed by atoms with Crippen LogP contribution in [0.2, 0.25) is 0 Å². The summed E-state index contributed by atoms with van der Waals surface area (Å²) in [6.45, 7) is 0. The SMILES string of the molecule is FC1(F)CCC(n2ccc(I)n2)CC1. The van der Waals surface area contributed by atoms with Crippen molar-refractivity contribution in [3.63, 3.8) is 0 Å². The molecule has 0 atom stereocenters. The lowest BCUT2D eigenvalue weighted by atomic mass is 9.92. The van der Waals surface area contributed by atoms with E-state index in [1.165, 1.54) is 0 Å². The van der Waals surface area contributed by atoms with E-state index in [4.69, 9.17) is 0 Å². The molecule has 0 bridgehead atoms. The summed E-state index contributed by atoms with van der Waals surface area (Å²) in [5.41, 5.74) is 0. The number of rotatable bonds is 1. The molecule has 1 heterocycles. The second-order valence-electron chi connectivity index (χ2n) is 3.71. The molecule has 0 aromatic carbocycles. The molecule has 0 N–H and O–H groups in total. The van der Waals surface area contributed by atoms with Gasteiger partial charge in [0.05, 0.1) is 6.04 Å². The largest absolute Gasteiger partial charge is 0.269 e. The lowest BCUT2D eigenvalue weighted by Gasteiger charge is -2.28. The average Bonchev–Trinajstić information content (AvgIpc) is 2.52. The number of halogens is 3. The summed E-state index contributed by atoms with van der Waals surface area (Å²) in [4.78, 5) is 0. The van der Waals surface area contributed by atoms with Crippen molar-refractivity contribution < 1.29 is 8.78 Å². The molecule has 5 heteroatoms. The van der Waals surface area contributed by atoms with Crippen LogP contribution >= 0.6 is 22.6 Å². The fourth-order valence-corrected chi connectivity index (χ4v) is 2.22. The highest BCUT2D eigenvalue weighted by Gasteiger charge is 2.35. The van der Waals surface area contributed by atoms with Gasteiger partial charge in [-0.15, -0.1) is 0 Å². The zero-order valence-corrected chi connectivity index (χ0v) is 9.75. The summed E-state index contributed by atoms with van der Waals surface area (Å²) in [6.07, 6.45) is 2.92. The van der Waals surface area contributed by atoms with Gasteiger partial charge in [-0.1, -0.05) is 0 Å². The quantitative estimate of drug-likeness (QED) is 0.728. The maximum absolute atomic E-state index is 12.9. The summed E-state index contributed by atoms with van der Waals surface area (Å²) >= 11 is 2.12. The third kappa shape index (κ3) is 2.24.